The Morgan fingerprint density at radius 2 is 1.86 bits per heavy atom. The summed E-state index contributed by atoms with van der Waals surface area (Å²) < 4.78 is 10.7. The van der Waals surface area contributed by atoms with Crippen molar-refractivity contribution in [3.8, 4) is 11.5 Å². The van der Waals surface area contributed by atoms with E-state index in [0.717, 1.165) is 17.9 Å². The lowest BCUT2D eigenvalue weighted by molar-refractivity contribution is 0.102. The van der Waals surface area contributed by atoms with Crippen LogP contribution < -0.4 is 20.1 Å². The van der Waals surface area contributed by atoms with Crippen LogP contribution in [0.15, 0.2) is 66.9 Å². The third kappa shape index (κ3) is 5.97. The molecular formula is C23H25N3O3. The van der Waals surface area contributed by atoms with Crippen LogP contribution in [0.3, 0.4) is 0 Å². The average Bonchev–Trinajstić information content (AvgIpc) is 2.76. The predicted octanol–water partition coefficient (Wildman–Crippen LogP) is 4.40. The maximum atomic E-state index is 12.5. The van der Waals surface area contributed by atoms with Crippen molar-refractivity contribution in [1.82, 2.24) is 4.98 Å². The van der Waals surface area contributed by atoms with Gasteiger partial charge in [0, 0.05) is 24.0 Å². The number of hydrogen-bond acceptors (Lipinski definition) is 5. The van der Waals surface area contributed by atoms with Gasteiger partial charge in [-0.3, -0.25) is 4.79 Å². The molecule has 0 spiro atoms. The summed E-state index contributed by atoms with van der Waals surface area (Å²) in [5.74, 6) is 2.09. The molecule has 2 N–H and O–H groups in total. The Hall–Kier alpha value is -3.54. The fourth-order valence-corrected chi connectivity index (χ4v) is 2.84. The van der Waals surface area contributed by atoms with E-state index < -0.39 is 0 Å². The molecule has 0 saturated carbocycles. The van der Waals surface area contributed by atoms with Crippen LogP contribution in [0.2, 0.25) is 0 Å². The van der Waals surface area contributed by atoms with Gasteiger partial charge in [-0.2, -0.15) is 0 Å². The van der Waals surface area contributed by atoms with E-state index in [1.54, 1.807) is 25.4 Å². The van der Waals surface area contributed by atoms with Gasteiger partial charge in [0.1, 0.15) is 17.3 Å². The summed E-state index contributed by atoms with van der Waals surface area (Å²) >= 11 is 0. The lowest BCUT2D eigenvalue weighted by atomic mass is 10.1. The number of carbonyl (C=O) groups excluding carboxylic acids is 1. The Balaban J connectivity index is 1.56. The number of nitrogens with zero attached hydrogens (tertiary/aromatic N) is 1. The Labute approximate surface area is 170 Å². The second-order valence-corrected chi connectivity index (χ2v) is 6.37. The van der Waals surface area contributed by atoms with Crippen LogP contribution in [0.1, 0.15) is 22.8 Å². The molecule has 150 valence electrons. The highest BCUT2D eigenvalue weighted by Gasteiger charge is 2.08. The average molecular weight is 391 g/mol. The maximum Gasteiger partial charge on any atom is 0.255 e. The number of benzene rings is 2. The van der Waals surface area contributed by atoms with Crippen molar-refractivity contribution in [2.75, 3.05) is 30.9 Å². The van der Waals surface area contributed by atoms with E-state index in [2.05, 4.69) is 21.7 Å². The number of aromatic nitrogens is 1. The molecule has 3 aromatic rings. The van der Waals surface area contributed by atoms with Crippen LogP contribution in [0.25, 0.3) is 0 Å². The monoisotopic (exact) mass is 391 g/mol. The van der Waals surface area contributed by atoms with E-state index in [4.69, 9.17) is 9.47 Å². The second-order valence-electron chi connectivity index (χ2n) is 6.37. The molecule has 2 aromatic carbocycles. The zero-order chi connectivity index (χ0) is 20.5. The van der Waals surface area contributed by atoms with Gasteiger partial charge >= 0.3 is 0 Å². The number of ether oxygens (including phenoxy) is 2. The molecule has 6 heteroatoms. The molecule has 0 aliphatic carbocycles. The van der Waals surface area contributed by atoms with E-state index in [-0.39, 0.29) is 5.91 Å². The van der Waals surface area contributed by atoms with Gasteiger partial charge < -0.3 is 20.1 Å². The highest BCUT2D eigenvalue weighted by Crippen LogP contribution is 2.17. The molecule has 6 nitrogen and oxygen atoms in total. The number of amides is 1. The van der Waals surface area contributed by atoms with Crippen molar-refractivity contribution >= 4 is 17.4 Å². The molecule has 1 amide bonds. The van der Waals surface area contributed by atoms with Gasteiger partial charge in [-0.05, 0) is 67.4 Å². The van der Waals surface area contributed by atoms with Gasteiger partial charge in [0.15, 0.2) is 0 Å². The minimum absolute atomic E-state index is 0.188. The zero-order valence-corrected chi connectivity index (χ0v) is 16.6. The first-order valence-corrected chi connectivity index (χ1v) is 9.55. The molecule has 29 heavy (non-hydrogen) atoms. The standard InChI is InChI=1S/C23H25N3O3/c1-3-29-20-9-7-19(8-10-20)26-23(27)18-12-14-25-22(16-18)24-13-11-17-5-4-6-21(15-17)28-2/h4-10,12,14-16H,3,11,13H2,1-2H3,(H,24,25)(H,26,27). The fraction of sp³-hybridized carbons (Fsp3) is 0.217. The van der Waals surface area contributed by atoms with Crippen LogP contribution in [0.5, 0.6) is 11.5 Å². The number of carbonyl (C=O) groups is 1. The van der Waals surface area contributed by atoms with Crippen molar-refractivity contribution < 1.29 is 14.3 Å². The minimum Gasteiger partial charge on any atom is -0.497 e. The topological polar surface area (TPSA) is 72.5 Å². The van der Waals surface area contributed by atoms with Crippen molar-refractivity contribution in [1.29, 1.82) is 0 Å². The summed E-state index contributed by atoms with van der Waals surface area (Å²) in [6.07, 6.45) is 2.45. The van der Waals surface area contributed by atoms with E-state index in [1.807, 2.05) is 49.4 Å². The normalized spacial score (nSPS) is 10.3. The first-order valence-electron chi connectivity index (χ1n) is 9.55. The zero-order valence-electron chi connectivity index (χ0n) is 16.6. The van der Waals surface area contributed by atoms with Gasteiger partial charge in [-0.1, -0.05) is 12.1 Å². The molecule has 0 saturated heterocycles. The van der Waals surface area contributed by atoms with Crippen molar-refractivity contribution in [3.63, 3.8) is 0 Å². The molecule has 1 aromatic heterocycles. The first-order chi connectivity index (χ1) is 14.2. The Morgan fingerprint density at radius 3 is 2.62 bits per heavy atom. The first kappa shape index (κ1) is 20.2. The molecule has 0 aliphatic heterocycles. The minimum atomic E-state index is -0.188. The molecule has 0 atom stereocenters. The predicted molar refractivity (Wildman–Crippen MR) is 115 cm³/mol. The number of pyridine rings is 1. The molecule has 0 unspecified atom stereocenters. The number of anilines is 2. The summed E-state index contributed by atoms with van der Waals surface area (Å²) in [5, 5.41) is 6.15. The van der Waals surface area contributed by atoms with Crippen LogP contribution in [-0.2, 0) is 6.42 Å². The Kier molecular flexibility index (Phi) is 7.05. The lowest BCUT2D eigenvalue weighted by Gasteiger charge is -2.09. The number of nitrogens with one attached hydrogen (secondary N) is 2. The summed E-state index contributed by atoms with van der Waals surface area (Å²) in [7, 11) is 1.66. The highest BCUT2D eigenvalue weighted by atomic mass is 16.5. The Bertz CT molecular complexity index is 942. The summed E-state index contributed by atoms with van der Waals surface area (Å²) in [6.45, 7) is 3.24. The molecule has 0 bridgehead atoms. The number of hydrogen-bond donors (Lipinski definition) is 2. The van der Waals surface area contributed by atoms with Crippen molar-refractivity contribution in [2.45, 2.75) is 13.3 Å². The molecule has 0 radical (unpaired) electrons. The van der Waals surface area contributed by atoms with Crippen LogP contribution in [0, 0.1) is 0 Å². The molecule has 3 rings (SSSR count). The molecule has 1 heterocycles. The van der Waals surface area contributed by atoms with Gasteiger partial charge in [0.2, 0.25) is 0 Å². The summed E-state index contributed by atoms with van der Waals surface area (Å²) in [4.78, 5) is 16.8. The maximum absolute atomic E-state index is 12.5. The van der Waals surface area contributed by atoms with E-state index in [9.17, 15) is 4.79 Å². The smallest absolute Gasteiger partial charge is 0.255 e. The Morgan fingerprint density at radius 1 is 1.03 bits per heavy atom. The quantitative estimate of drug-likeness (QED) is 0.566. The number of rotatable bonds is 9. The van der Waals surface area contributed by atoms with Gasteiger partial charge in [-0.25, -0.2) is 4.98 Å². The summed E-state index contributed by atoms with van der Waals surface area (Å²) in [5.41, 5.74) is 2.42. The fourth-order valence-electron chi connectivity index (χ4n) is 2.84. The van der Waals surface area contributed by atoms with E-state index >= 15 is 0 Å². The third-order valence-electron chi connectivity index (χ3n) is 4.30. The molecule has 0 aliphatic rings. The number of methoxy groups -OCH3 is 1. The van der Waals surface area contributed by atoms with Gasteiger partial charge in [0.25, 0.3) is 5.91 Å². The molecule has 0 fully saturated rings. The van der Waals surface area contributed by atoms with Crippen LogP contribution >= 0.6 is 0 Å². The highest BCUT2D eigenvalue weighted by molar-refractivity contribution is 6.04. The van der Waals surface area contributed by atoms with Gasteiger partial charge in [-0.15, -0.1) is 0 Å². The van der Waals surface area contributed by atoms with Crippen molar-refractivity contribution in [3.05, 3.63) is 78.0 Å². The van der Waals surface area contributed by atoms with Crippen LogP contribution in [-0.4, -0.2) is 31.2 Å². The van der Waals surface area contributed by atoms with Crippen molar-refractivity contribution in [2.24, 2.45) is 0 Å². The lowest BCUT2D eigenvalue weighted by Crippen LogP contribution is -2.13. The second kappa shape index (κ2) is 10.1. The van der Waals surface area contributed by atoms with Gasteiger partial charge in [0.05, 0.1) is 13.7 Å². The van der Waals surface area contributed by atoms with E-state index in [0.29, 0.717) is 30.2 Å². The molecular weight excluding hydrogens is 366 g/mol. The van der Waals surface area contributed by atoms with Crippen LogP contribution in [0.4, 0.5) is 11.5 Å². The third-order valence-corrected chi connectivity index (χ3v) is 4.30. The van der Waals surface area contributed by atoms with E-state index in [1.165, 1.54) is 5.56 Å². The summed E-state index contributed by atoms with van der Waals surface area (Å²) in [6, 6.07) is 18.7. The SMILES string of the molecule is CCOc1ccc(NC(=O)c2ccnc(NCCc3cccc(OC)c3)c2)cc1. The largest absolute Gasteiger partial charge is 0.497 e.